The smallest absolute Gasteiger partial charge is 0.123 e. The van der Waals surface area contributed by atoms with E-state index in [9.17, 15) is 4.39 Å². The van der Waals surface area contributed by atoms with Gasteiger partial charge in [0.15, 0.2) is 0 Å². The molecular formula is C15H14BrF. The van der Waals surface area contributed by atoms with E-state index >= 15 is 0 Å². The molecule has 0 heterocycles. The van der Waals surface area contributed by atoms with E-state index in [0.29, 0.717) is 0 Å². The zero-order valence-electron chi connectivity index (χ0n) is 9.66. The van der Waals surface area contributed by atoms with Crippen LogP contribution in [-0.4, -0.2) is 0 Å². The summed E-state index contributed by atoms with van der Waals surface area (Å²) in [4.78, 5) is 0.152. The monoisotopic (exact) mass is 292 g/mol. The maximum absolute atomic E-state index is 13.1. The van der Waals surface area contributed by atoms with E-state index in [1.807, 2.05) is 18.2 Å². The van der Waals surface area contributed by atoms with E-state index < -0.39 is 0 Å². The molecule has 0 amide bonds. The molecule has 1 unspecified atom stereocenters. The fourth-order valence-electron chi connectivity index (χ4n) is 1.85. The second-order valence-corrected chi connectivity index (χ2v) is 5.26. The van der Waals surface area contributed by atoms with Crippen molar-refractivity contribution in [1.29, 1.82) is 0 Å². The summed E-state index contributed by atoms with van der Waals surface area (Å²) >= 11 is 3.62. The van der Waals surface area contributed by atoms with Crippen LogP contribution in [0.5, 0.6) is 0 Å². The van der Waals surface area contributed by atoms with Gasteiger partial charge in [-0.25, -0.2) is 4.39 Å². The second kappa shape index (κ2) is 5.46. The first-order valence-electron chi connectivity index (χ1n) is 5.61. The van der Waals surface area contributed by atoms with Gasteiger partial charge in [0.25, 0.3) is 0 Å². The molecule has 0 saturated carbocycles. The number of hydrogen-bond donors (Lipinski definition) is 0. The van der Waals surface area contributed by atoms with Crippen LogP contribution < -0.4 is 0 Å². The van der Waals surface area contributed by atoms with Crippen LogP contribution >= 0.6 is 15.9 Å². The Morgan fingerprint density at radius 2 is 1.88 bits per heavy atom. The first-order valence-corrected chi connectivity index (χ1v) is 6.52. The summed E-state index contributed by atoms with van der Waals surface area (Å²) in [5, 5.41) is 0. The summed E-state index contributed by atoms with van der Waals surface area (Å²) < 4.78 is 13.1. The quantitative estimate of drug-likeness (QED) is 0.712. The first kappa shape index (κ1) is 12.3. The largest absolute Gasteiger partial charge is 0.207 e. The lowest BCUT2D eigenvalue weighted by molar-refractivity contribution is 0.625. The molecule has 0 nitrogen and oxygen atoms in total. The van der Waals surface area contributed by atoms with Gasteiger partial charge in [-0.05, 0) is 42.2 Å². The third-order valence-corrected chi connectivity index (χ3v) is 3.72. The molecule has 2 aromatic carbocycles. The van der Waals surface area contributed by atoms with Gasteiger partial charge in [-0.2, -0.15) is 0 Å². The van der Waals surface area contributed by atoms with Crippen LogP contribution in [0.4, 0.5) is 4.39 Å². The minimum absolute atomic E-state index is 0.152. The molecule has 0 N–H and O–H groups in total. The van der Waals surface area contributed by atoms with Crippen molar-refractivity contribution in [1.82, 2.24) is 0 Å². The Bertz CT molecular complexity index is 508. The van der Waals surface area contributed by atoms with Gasteiger partial charge in [-0.3, -0.25) is 0 Å². The van der Waals surface area contributed by atoms with E-state index in [1.54, 1.807) is 12.1 Å². The van der Waals surface area contributed by atoms with Crippen molar-refractivity contribution >= 4 is 15.9 Å². The molecule has 0 radical (unpaired) electrons. The molecule has 1 atom stereocenters. The Balaban J connectivity index is 2.17. The zero-order chi connectivity index (χ0) is 12.3. The fourth-order valence-corrected chi connectivity index (χ4v) is 2.49. The maximum atomic E-state index is 13.1. The standard InChI is InChI=1S/C15H14BrF/c1-11-5-2-3-6-12(11)10-15(16)13-7-4-8-14(17)9-13/h2-9,15H,10H2,1H3. The molecule has 0 spiro atoms. The van der Waals surface area contributed by atoms with Gasteiger partial charge in [0.1, 0.15) is 5.82 Å². The molecule has 2 heteroatoms. The fraction of sp³-hybridized carbons (Fsp3) is 0.200. The van der Waals surface area contributed by atoms with Gasteiger partial charge in [0, 0.05) is 4.83 Å². The summed E-state index contributed by atoms with van der Waals surface area (Å²) in [6, 6.07) is 15.0. The first-order chi connectivity index (χ1) is 8.16. The van der Waals surface area contributed by atoms with Crippen LogP contribution in [0.15, 0.2) is 48.5 Å². The number of hydrogen-bond acceptors (Lipinski definition) is 0. The lowest BCUT2D eigenvalue weighted by Crippen LogP contribution is -1.97. The van der Waals surface area contributed by atoms with Crippen molar-refractivity contribution in [2.24, 2.45) is 0 Å². The molecule has 0 fully saturated rings. The highest BCUT2D eigenvalue weighted by atomic mass is 79.9. The van der Waals surface area contributed by atoms with Crippen LogP contribution in [0, 0.1) is 12.7 Å². The molecule has 2 rings (SSSR count). The SMILES string of the molecule is Cc1ccccc1CC(Br)c1cccc(F)c1. The Labute approximate surface area is 110 Å². The molecule has 0 saturated heterocycles. The predicted molar refractivity (Wildman–Crippen MR) is 73.0 cm³/mol. The highest BCUT2D eigenvalue weighted by Crippen LogP contribution is 2.28. The summed E-state index contributed by atoms with van der Waals surface area (Å²) in [6.07, 6.45) is 0.871. The van der Waals surface area contributed by atoms with Crippen molar-refractivity contribution in [3.63, 3.8) is 0 Å². The van der Waals surface area contributed by atoms with E-state index in [2.05, 4.69) is 35.0 Å². The number of aryl methyl sites for hydroxylation is 1. The minimum atomic E-state index is -0.184. The van der Waals surface area contributed by atoms with Crippen LogP contribution in [0.3, 0.4) is 0 Å². The van der Waals surface area contributed by atoms with Crippen LogP contribution in [0.1, 0.15) is 21.5 Å². The topological polar surface area (TPSA) is 0 Å². The third kappa shape index (κ3) is 3.16. The number of alkyl halides is 1. The molecule has 0 aliphatic rings. The lowest BCUT2D eigenvalue weighted by atomic mass is 10.0. The summed E-state index contributed by atoms with van der Waals surface area (Å²) in [7, 11) is 0. The van der Waals surface area contributed by atoms with Crippen molar-refractivity contribution < 1.29 is 4.39 Å². The highest BCUT2D eigenvalue weighted by molar-refractivity contribution is 9.09. The number of halogens is 2. The Morgan fingerprint density at radius 3 is 2.59 bits per heavy atom. The minimum Gasteiger partial charge on any atom is -0.207 e. The third-order valence-electron chi connectivity index (χ3n) is 2.87. The Kier molecular flexibility index (Phi) is 3.95. The number of benzene rings is 2. The van der Waals surface area contributed by atoms with Gasteiger partial charge in [-0.15, -0.1) is 0 Å². The van der Waals surface area contributed by atoms with E-state index in [0.717, 1.165) is 12.0 Å². The molecule has 0 aliphatic heterocycles. The van der Waals surface area contributed by atoms with Gasteiger partial charge in [-0.1, -0.05) is 52.3 Å². The Hall–Kier alpha value is -1.15. The van der Waals surface area contributed by atoms with Crippen LogP contribution in [-0.2, 0) is 6.42 Å². The average Bonchev–Trinajstić information content (AvgIpc) is 2.32. The van der Waals surface area contributed by atoms with Gasteiger partial charge < -0.3 is 0 Å². The average molecular weight is 293 g/mol. The van der Waals surface area contributed by atoms with Crippen molar-refractivity contribution in [2.75, 3.05) is 0 Å². The van der Waals surface area contributed by atoms with E-state index in [4.69, 9.17) is 0 Å². The second-order valence-electron chi connectivity index (χ2n) is 4.15. The van der Waals surface area contributed by atoms with Crippen LogP contribution in [0.25, 0.3) is 0 Å². The highest BCUT2D eigenvalue weighted by Gasteiger charge is 2.10. The van der Waals surface area contributed by atoms with Gasteiger partial charge in [0.05, 0.1) is 0 Å². The molecule has 88 valence electrons. The van der Waals surface area contributed by atoms with E-state index in [-0.39, 0.29) is 10.6 Å². The normalized spacial score (nSPS) is 12.4. The summed E-state index contributed by atoms with van der Waals surface area (Å²) in [6.45, 7) is 2.10. The molecule has 0 bridgehead atoms. The van der Waals surface area contributed by atoms with E-state index in [1.165, 1.54) is 17.2 Å². The van der Waals surface area contributed by atoms with Crippen LogP contribution in [0.2, 0.25) is 0 Å². The molecule has 17 heavy (non-hydrogen) atoms. The molecule has 2 aromatic rings. The molecular weight excluding hydrogens is 279 g/mol. The van der Waals surface area contributed by atoms with Crippen molar-refractivity contribution in [3.05, 3.63) is 71.0 Å². The lowest BCUT2D eigenvalue weighted by Gasteiger charge is -2.12. The maximum Gasteiger partial charge on any atom is 0.123 e. The van der Waals surface area contributed by atoms with Crippen molar-refractivity contribution in [2.45, 2.75) is 18.2 Å². The number of rotatable bonds is 3. The predicted octanol–water partition coefficient (Wildman–Crippen LogP) is 4.81. The van der Waals surface area contributed by atoms with Gasteiger partial charge in [0.2, 0.25) is 0 Å². The Morgan fingerprint density at radius 1 is 1.12 bits per heavy atom. The molecule has 0 aromatic heterocycles. The van der Waals surface area contributed by atoms with Crippen molar-refractivity contribution in [3.8, 4) is 0 Å². The molecule has 0 aliphatic carbocycles. The zero-order valence-corrected chi connectivity index (χ0v) is 11.2. The summed E-state index contributed by atoms with van der Waals surface area (Å²) in [5.74, 6) is -0.184. The summed E-state index contributed by atoms with van der Waals surface area (Å²) in [5.41, 5.74) is 3.54. The van der Waals surface area contributed by atoms with Gasteiger partial charge >= 0.3 is 0 Å².